The van der Waals surface area contributed by atoms with Gasteiger partial charge < -0.3 is 24.7 Å². The Morgan fingerprint density at radius 3 is 2.54 bits per heavy atom. The largest absolute Gasteiger partial charge is 0.466 e. The first kappa shape index (κ1) is 22.4. The average molecular weight is 477 g/mol. The molecule has 8 nitrogen and oxygen atoms in total. The molecule has 146 valence electrons. The highest BCUT2D eigenvalue weighted by atomic mass is 127. The van der Waals surface area contributed by atoms with Gasteiger partial charge in [-0.05, 0) is 26.0 Å². The van der Waals surface area contributed by atoms with Gasteiger partial charge in [0.1, 0.15) is 17.9 Å². The lowest BCUT2D eigenvalue weighted by molar-refractivity contribution is 0.0386. The highest BCUT2D eigenvalue weighted by molar-refractivity contribution is 14.0. The Hall–Kier alpha value is -1.62. The third-order valence-corrected chi connectivity index (χ3v) is 3.48. The van der Waals surface area contributed by atoms with Gasteiger partial charge in [0.2, 0.25) is 5.89 Å². The smallest absolute Gasteiger partial charge is 0.232 e. The van der Waals surface area contributed by atoms with Crippen molar-refractivity contribution in [2.24, 2.45) is 4.99 Å². The molecule has 0 spiro atoms. The first-order valence-electron chi connectivity index (χ1n) is 8.34. The summed E-state index contributed by atoms with van der Waals surface area (Å²) >= 11 is 0. The van der Waals surface area contributed by atoms with Crippen LogP contribution in [-0.4, -0.2) is 34.3 Å². The molecule has 2 aromatic heterocycles. The standard InChI is InChI=1S/C17H27N5O3.HI/c1-6-18-15(20-11-17(5,23)12-8-7-9-24-12)19-10-13-21-14(25-22-13)16(2,3)4;/h7-9,23H,6,10-11H2,1-5H3,(H2,18,19,20);1H. The Morgan fingerprint density at radius 1 is 1.27 bits per heavy atom. The van der Waals surface area contributed by atoms with Gasteiger partial charge in [-0.15, -0.1) is 24.0 Å². The van der Waals surface area contributed by atoms with Crippen LogP contribution < -0.4 is 10.6 Å². The van der Waals surface area contributed by atoms with Crippen molar-refractivity contribution in [2.75, 3.05) is 13.1 Å². The fraction of sp³-hybridized carbons (Fsp3) is 0.588. The number of aromatic nitrogens is 2. The molecule has 0 radical (unpaired) electrons. The minimum atomic E-state index is -1.15. The molecule has 0 aromatic carbocycles. The number of aliphatic hydroxyl groups is 1. The molecule has 2 aromatic rings. The molecule has 0 aliphatic rings. The van der Waals surface area contributed by atoms with E-state index in [9.17, 15) is 5.11 Å². The molecule has 1 unspecified atom stereocenters. The second-order valence-electron chi connectivity index (χ2n) is 7.07. The topological polar surface area (TPSA) is 109 Å². The summed E-state index contributed by atoms with van der Waals surface area (Å²) in [6.45, 7) is 10.9. The molecule has 0 amide bonds. The Labute approximate surface area is 170 Å². The monoisotopic (exact) mass is 477 g/mol. The van der Waals surface area contributed by atoms with Gasteiger partial charge in [-0.3, -0.25) is 0 Å². The van der Waals surface area contributed by atoms with Crippen LogP contribution in [0.4, 0.5) is 0 Å². The van der Waals surface area contributed by atoms with Gasteiger partial charge in [0.25, 0.3) is 0 Å². The van der Waals surface area contributed by atoms with E-state index in [2.05, 4.69) is 25.8 Å². The van der Waals surface area contributed by atoms with E-state index in [1.165, 1.54) is 6.26 Å². The van der Waals surface area contributed by atoms with Gasteiger partial charge in [-0.2, -0.15) is 4.98 Å². The fourth-order valence-corrected chi connectivity index (χ4v) is 2.04. The predicted octanol–water partition coefficient (Wildman–Crippen LogP) is 2.54. The number of hydrogen-bond acceptors (Lipinski definition) is 6. The number of hydrogen-bond donors (Lipinski definition) is 3. The van der Waals surface area contributed by atoms with E-state index in [4.69, 9.17) is 8.94 Å². The summed E-state index contributed by atoms with van der Waals surface area (Å²) < 4.78 is 10.5. The molecule has 0 saturated heterocycles. The van der Waals surface area contributed by atoms with Crippen molar-refractivity contribution in [2.45, 2.75) is 52.2 Å². The van der Waals surface area contributed by atoms with Gasteiger partial charge in [-0.1, -0.05) is 25.9 Å². The Morgan fingerprint density at radius 2 is 2.00 bits per heavy atom. The maximum atomic E-state index is 10.5. The van der Waals surface area contributed by atoms with Crippen LogP contribution in [-0.2, 0) is 17.6 Å². The van der Waals surface area contributed by atoms with Crippen LogP contribution in [0.15, 0.2) is 32.3 Å². The third kappa shape index (κ3) is 6.27. The number of furan rings is 1. The first-order valence-corrected chi connectivity index (χ1v) is 8.34. The SMILES string of the molecule is CCNC(=NCc1noc(C(C)(C)C)n1)NCC(C)(O)c1ccco1.I. The van der Waals surface area contributed by atoms with Crippen LogP contribution in [0.2, 0.25) is 0 Å². The molecular weight excluding hydrogens is 449 g/mol. The molecule has 0 aliphatic heterocycles. The lowest BCUT2D eigenvalue weighted by Gasteiger charge is -2.22. The molecule has 0 saturated carbocycles. The fourth-order valence-electron chi connectivity index (χ4n) is 2.04. The van der Waals surface area contributed by atoms with E-state index < -0.39 is 5.60 Å². The molecule has 1 atom stereocenters. The van der Waals surface area contributed by atoms with Crippen molar-refractivity contribution in [3.8, 4) is 0 Å². The molecule has 0 fully saturated rings. The molecule has 3 N–H and O–H groups in total. The summed E-state index contributed by atoms with van der Waals surface area (Å²) in [5.74, 6) is 2.14. The number of guanidine groups is 1. The van der Waals surface area contributed by atoms with Crippen molar-refractivity contribution in [3.05, 3.63) is 35.9 Å². The predicted molar refractivity (Wildman–Crippen MR) is 110 cm³/mol. The maximum absolute atomic E-state index is 10.5. The zero-order valence-electron chi connectivity index (χ0n) is 15.9. The first-order chi connectivity index (χ1) is 11.7. The highest BCUT2D eigenvalue weighted by Crippen LogP contribution is 2.20. The van der Waals surface area contributed by atoms with Crippen molar-refractivity contribution < 1.29 is 14.0 Å². The van der Waals surface area contributed by atoms with Gasteiger partial charge >= 0.3 is 0 Å². The summed E-state index contributed by atoms with van der Waals surface area (Å²) in [4.78, 5) is 8.79. The second kappa shape index (κ2) is 9.36. The van der Waals surface area contributed by atoms with E-state index in [0.29, 0.717) is 30.0 Å². The number of halogens is 1. The Balaban J connectivity index is 0.00000338. The lowest BCUT2D eigenvalue weighted by Crippen LogP contribution is -2.44. The van der Waals surface area contributed by atoms with Crippen molar-refractivity contribution in [3.63, 3.8) is 0 Å². The summed E-state index contributed by atoms with van der Waals surface area (Å²) in [5.41, 5.74) is -1.34. The van der Waals surface area contributed by atoms with Crippen molar-refractivity contribution >= 4 is 29.9 Å². The maximum Gasteiger partial charge on any atom is 0.232 e. The zero-order chi connectivity index (χ0) is 18.5. The molecule has 9 heteroatoms. The zero-order valence-corrected chi connectivity index (χ0v) is 18.2. The Bertz CT molecular complexity index is 690. The van der Waals surface area contributed by atoms with Crippen LogP contribution in [0.5, 0.6) is 0 Å². The molecular formula is C17H28IN5O3. The lowest BCUT2D eigenvalue weighted by atomic mass is 9.97. The van der Waals surface area contributed by atoms with E-state index in [1.54, 1.807) is 19.1 Å². The normalized spacial score (nSPS) is 14.5. The van der Waals surface area contributed by atoms with Crippen LogP contribution in [0.25, 0.3) is 0 Å². The molecule has 0 bridgehead atoms. The van der Waals surface area contributed by atoms with Crippen molar-refractivity contribution in [1.82, 2.24) is 20.8 Å². The van der Waals surface area contributed by atoms with Gasteiger partial charge in [0.05, 0.1) is 12.8 Å². The van der Waals surface area contributed by atoms with E-state index >= 15 is 0 Å². The third-order valence-electron chi connectivity index (χ3n) is 3.48. The highest BCUT2D eigenvalue weighted by Gasteiger charge is 2.26. The molecule has 2 heterocycles. The molecule has 26 heavy (non-hydrogen) atoms. The minimum Gasteiger partial charge on any atom is -0.466 e. The van der Waals surface area contributed by atoms with Gasteiger partial charge in [0, 0.05) is 12.0 Å². The number of nitrogens with zero attached hydrogens (tertiary/aromatic N) is 3. The summed E-state index contributed by atoms with van der Waals surface area (Å²) in [7, 11) is 0. The van der Waals surface area contributed by atoms with Crippen LogP contribution in [0.3, 0.4) is 0 Å². The quantitative estimate of drug-likeness (QED) is 0.333. The van der Waals surface area contributed by atoms with Crippen molar-refractivity contribution in [1.29, 1.82) is 0 Å². The summed E-state index contributed by atoms with van der Waals surface area (Å²) in [6, 6.07) is 3.48. The number of nitrogens with one attached hydrogen (secondary N) is 2. The van der Waals surface area contributed by atoms with Crippen LogP contribution in [0, 0.1) is 0 Å². The number of rotatable bonds is 6. The van der Waals surface area contributed by atoms with Gasteiger partial charge in [0.15, 0.2) is 11.8 Å². The van der Waals surface area contributed by atoms with Crippen LogP contribution in [0.1, 0.15) is 52.1 Å². The van der Waals surface area contributed by atoms with Crippen LogP contribution >= 0.6 is 24.0 Å². The average Bonchev–Trinajstić information content (AvgIpc) is 3.20. The summed E-state index contributed by atoms with van der Waals surface area (Å²) in [5, 5.41) is 20.7. The molecule has 2 rings (SSSR count). The van der Waals surface area contributed by atoms with Gasteiger partial charge in [-0.25, -0.2) is 4.99 Å². The number of aliphatic imine (C=N–C) groups is 1. The van der Waals surface area contributed by atoms with E-state index in [-0.39, 0.29) is 42.5 Å². The molecule has 0 aliphatic carbocycles. The second-order valence-corrected chi connectivity index (χ2v) is 7.07. The van der Waals surface area contributed by atoms with E-state index in [1.807, 2.05) is 27.7 Å². The van der Waals surface area contributed by atoms with E-state index in [0.717, 1.165) is 0 Å². The minimum absolute atomic E-state index is 0. The Kier molecular flexibility index (Phi) is 8.07. The summed E-state index contributed by atoms with van der Waals surface area (Å²) in [6.07, 6.45) is 1.53.